The zero-order valence-electron chi connectivity index (χ0n) is 19.1. The van der Waals surface area contributed by atoms with Gasteiger partial charge in [0, 0.05) is 12.0 Å². The van der Waals surface area contributed by atoms with Crippen LogP contribution in [0.1, 0.15) is 133 Å². The van der Waals surface area contributed by atoms with Crippen LogP contribution in [0.3, 0.4) is 0 Å². The quantitative estimate of drug-likeness (QED) is 0.120. The van der Waals surface area contributed by atoms with Gasteiger partial charge in [-0.2, -0.15) is 0 Å². The molecule has 0 aliphatic rings. The van der Waals surface area contributed by atoms with E-state index in [0.29, 0.717) is 6.42 Å². The van der Waals surface area contributed by atoms with Gasteiger partial charge in [-0.1, -0.05) is 110 Å². The van der Waals surface area contributed by atoms with Gasteiger partial charge in [-0.05, 0) is 18.6 Å². The minimum Gasteiger partial charge on any atom is -0.504 e. The lowest BCUT2D eigenvalue weighted by atomic mass is 10.0. The van der Waals surface area contributed by atoms with Crippen LogP contribution in [-0.4, -0.2) is 21.1 Å². The van der Waals surface area contributed by atoms with Crippen molar-refractivity contribution in [1.82, 2.24) is 0 Å². The van der Waals surface area contributed by atoms with Gasteiger partial charge < -0.3 is 15.3 Å². The lowest BCUT2D eigenvalue weighted by Gasteiger charge is -2.06. The van der Waals surface area contributed by atoms with Gasteiger partial charge in [-0.3, -0.25) is 4.79 Å². The molecule has 4 nitrogen and oxygen atoms in total. The van der Waals surface area contributed by atoms with Crippen LogP contribution in [0.2, 0.25) is 0 Å². The molecule has 0 aliphatic carbocycles. The Morgan fingerprint density at radius 3 is 1.30 bits per heavy atom. The molecule has 0 aliphatic heterocycles. The zero-order valence-corrected chi connectivity index (χ0v) is 19.1. The van der Waals surface area contributed by atoms with E-state index in [-0.39, 0.29) is 11.3 Å². The van der Waals surface area contributed by atoms with Crippen LogP contribution in [0.5, 0.6) is 17.2 Å². The summed E-state index contributed by atoms with van der Waals surface area (Å²) in [6.07, 6.45) is 22.6. The topological polar surface area (TPSA) is 77.8 Å². The van der Waals surface area contributed by atoms with E-state index in [1.165, 1.54) is 102 Å². The Hall–Kier alpha value is -1.71. The molecule has 172 valence electrons. The van der Waals surface area contributed by atoms with E-state index < -0.39 is 17.2 Å². The van der Waals surface area contributed by atoms with Crippen molar-refractivity contribution in [3.8, 4) is 17.2 Å². The van der Waals surface area contributed by atoms with Crippen molar-refractivity contribution in [1.29, 1.82) is 0 Å². The number of rotatable bonds is 19. The second-order valence-corrected chi connectivity index (χ2v) is 8.69. The van der Waals surface area contributed by atoms with Crippen LogP contribution in [0.25, 0.3) is 0 Å². The van der Waals surface area contributed by atoms with Crippen molar-refractivity contribution in [3.63, 3.8) is 0 Å². The van der Waals surface area contributed by atoms with Crippen molar-refractivity contribution >= 4 is 5.78 Å². The van der Waals surface area contributed by atoms with Crippen LogP contribution >= 0.6 is 0 Å². The van der Waals surface area contributed by atoms with Crippen LogP contribution < -0.4 is 0 Å². The molecular weight excluding hydrogens is 376 g/mol. The number of Topliss-reactive ketones (excluding diaryl/α,β-unsaturated/α-hetero) is 1. The average Bonchev–Trinajstić information content (AvgIpc) is 2.73. The first-order chi connectivity index (χ1) is 14.6. The molecule has 4 heteroatoms. The fourth-order valence-corrected chi connectivity index (χ4v) is 3.92. The fourth-order valence-electron chi connectivity index (χ4n) is 3.92. The molecule has 1 rings (SSSR count). The monoisotopic (exact) mass is 420 g/mol. The smallest absolute Gasteiger partial charge is 0.200 e. The van der Waals surface area contributed by atoms with E-state index in [9.17, 15) is 20.1 Å². The van der Waals surface area contributed by atoms with E-state index in [4.69, 9.17) is 0 Å². The molecule has 30 heavy (non-hydrogen) atoms. The van der Waals surface area contributed by atoms with Gasteiger partial charge in [-0.25, -0.2) is 0 Å². The maximum absolute atomic E-state index is 12.1. The Labute approximate surface area is 183 Å². The highest BCUT2D eigenvalue weighted by Crippen LogP contribution is 2.35. The molecular formula is C26H44O4. The SMILES string of the molecule is CCCCCCCCCCCCCCCCCCCC(=O)c1cc(O)c(O)c(O)c1. The maximum atomic E-state index is 12.1. The second kappa shape index (κ2) is 17.0. The van der Waals surface area contributed by atoms with E-state index in [1.807, 2.05) is 0 Å². The Morgan fingerprint density at radius 2 is 0.933 bits per heavy atom. The Kier molecular flexibility index (Phi) is 14.9. The first kappa shape index (κ1) is 26.3. The highest BCUT2D eigenvalue weighted by atomic mass is 16.3. The van der Waals surface area contributed by atoms with Crippen LogP contribution in [0, 0.1) is 0 Å². The third-order valence-corrected chi connectivity index (χ3v) is 5.90. The number of phenolic OH excluding ortho intramolecular Hbond substituents is 3. The molecule has 0 atom stereocenters. The minimum absolute atomic E-state index is 0.110. The molecule has 0 bridgehead atoms. The van der Waals surface area contributed by atoms with Gasteiger partial charge in [0.05, 0.1) is 0 Å². The summed E-state index contributed by atoms with van der Waals surface area (Å²) < 4.78 is 0. The van der Waals surface area contributed by atoms with Crippen LogP contribution in [0.15, 0.2) is 12.1 Å². The van der Waals surface area contributed by atoms with Gasteiger partial charge in [0.25, 0.3) is 0 Å². The Balaban J connectivity index is 1.88. The molecule has 3 N–H and O–H groups in total. The van der Waals surface area contributed by atoms with Crippen molar-refractivity contribution in [2.24, 2.45) is 0 Å². The van der Waals surface area contributed by atoms with E-state index >= 15 is 0 Å². The van der Waals surface area contributed by atoms with Crippen molar-refractivity contribution in [2.45, 2.75) is 122 Å². The first-order valence-corrected chi connectivity index (χ1v) is 12.3. The summed E-state index contributed by atoms with van der Waals surface area (Å²) in [4.78, 5) is 12.1. The molecule has 0 fully saturated rings. The zero-order chi connectivity index (χ0) is 22.0. The predicted molar refractivity (Wildman–Crippen MR) is 125 cm³/mol. The van der Waals surface area contributed by atoms with Crippen molar-refractivity contribution in [3.05, 3.63) is 17.7 Å². The van der Waals surface area contributed by atoms with Gasteiger partial charge in [-0.15, -0.1) is 0 Å². The summed E-state index contributed by atoms with van der Waals surface area (Å²) in [7, 11) is 0. The molecule has 0 radical (unpaired) electrons. The number of unbranched alkanes of at least 4 members (excludes halogenated alkanes) is 16. The molecule has 1 aromatic rings. The molecule has 1 aromatic carbocycles. The molecule has 0 aromatic heterocycles. The first-order valence-electron chi connectivity index (χ1n) is 12.3. The standard InChI is InChI=1S/C26H44O4/c1-2-3-4-5-6-7-8-9-10-11-12-13-14-15-16-17-18-19-23(27)22-20-24(28)26(30)25(29)21-22/h20-21,28-30H,2-19H2,1H3. The third kappa shape index (κ3) is 12.1. The number of aromatic hydroxyl groups is 3. The number of carbonyl (C=O) groups excluding carboxylic acids is 1. The van der Waals surface area contributed by atoms with Gasteiger partial charge in [0.2, 0.25) is 0 Å². The number of benzene rings is 1. The van der Waals surface area contributed by atoms with Gasteiger partial charge in [0.15, 0.2) is 23.0 Å². The number of hydrogen-bond donors (Lipinski definition) is 3. The second-order valence-electron chi connectivity index (χ2n) is 8.69. The summed E-state index contributed by atoms with van der Waals surface area (Å²) in [6, 6.07) is 2.43. The fraction of sp³-hybridized carbons (Fsp3) is 0.731. The molecule has 0 amide bonds. The minimum atomic E-state index is -0.579. The highest BCUT2D eigenvalue weighted by molar-refractivity contribution is 5.97. The van der Waals surface area contributed by atoms with E-state index in [0.717, 1.165) is 19.3 Å². The number of phenols is 3. The van der Waals surface area contributed by atoms with Gasteiger partial charge >= 0.3 is 0 Å². The number of hydrogen-bond acceptors (Lipinski definition) is 4. The summed E-state index contributed by atoms with van der Waals surface area (Å²) in [5, 5.41) is 28.3. The average molecular weight is 421 g/mol. The van der Waals surface area contributed by atoms with E-state index in [1.54, 1.807) is 0 Å². The summed E-state index contributed by atoms with van der Waals surface area (Å²) >= 11 is 0. The summed E-state index contributed by atoms with van der Waals surface area (Å²) in [6.45, 7) is 2.27. The molecule has 0 heterocycles. The number of ketones is 1. The lowest BCUT2D eigenvalue weighted by molar-refractivity contribution is 0.0978. The van der Waals surface area contributed by atoms with Gasteiger partial charge in [0.1, 0.15) is 0 Å². The maximum Gasteiger partial charge on any atom is 0.200 e. The normalized spacial score (nSPS) is 11.1. The Morgan fingerprint density at radius 1 is 0.600 bits per heavy atom. The summed E-state index contributed by atoms with van der Waals surface area (Å²) in [5.41, 5.74) is 0.249. The Bertz CT molecular complexity index is 559. The molecule has 0 saturated carbocycles. The molecule has 0 spiro atoms. The van der Waals surface area contributed by atoms with Crippen molar-refractivity contribution in [2.75, 3.05) is 0 Å². The predicted octanol–water partition coefficient (Wildman–Crippen LogP) is 8.03. The third-order valence-electron chi connectivity index (χ3n) is 5.90. The molecule has 0 saturated heterocycles. The summed E-state index contributed by atoms with van der Waals surface area (Å²) in [5.74, 6) is -1.60. The van der Waals surface area contributed by atoms with Crippen LogP contribution in [0.4, 0.5) is 0 Å². The molecule has 0 unspecified atom stereocenters. The highest BCUT2D eigenvalue weighted by Gasteiger charge is 2.13. The van der Waals surface area contributed by atoms with Crippen LogP contribution in [-0.2, 0) is 0 Å². The number of carbonyl (C=O) groups is 1. The lowest BCUT2D eigenvalue weighted by Crippen LogP contribution is -1.99. The van der Waals surface area contributed by atoms with Crippen molar-refractivity contribution < 1.29 is 20.1 Å². The largest absolute Gasteiger partial charge is 0.504 e. The van der Waals surface area contributed by atoms with E-state index in [2.05, 4.69) is 6.92 Å².